The van der Waals surface area contributed by atoms with Crippen LogP contribution in [0.2, 0.25) is 0 Å². The Labute approximate surface area is 65.3 Å². The molecular formula is C7H9ClN2. The number of hydrazine groups is 1. The third-order valence-corrected chi connectivity index (χ3v) is 1.34. The van der Waals surface area contributed by atoms with Crippen LogP contribution in [0.15, 0.2) is 24.3 Å². The maximum absolute atomic E-state index is 5.21. The molecule has 3 heteroatoms. The van der Waals surface area contributed by atoms with Crippen molar-refractivity contribution in [3.8, 4) is 0 Å². The van der Waals surface area contributed by atoms with Crippen LogP contribution in [-0.2, 0) is 0 Å². The third kappa shape index (κ3) is 1.90. The second-order valence-electron chi connectivity index (χ2n) is 2.09. The summed E-state index contributed by atoms with van der Waals surface area (Å²) in [5.74, 6) is 0. The zero-order chi connectivity index (χ0) is 7.40. The minimum absolute atomic E-state index is 0.959. The molecule has 0 heterocycles. The molecule has 0 aliphatic rings. The summed E-state index contributed by atoms with van der Waals surface area (Å²) in [6.07, 6.45) is 0. The number of hydrogen-bond acceptors (Lipinski definition) is 2. The average molecular weight is 157 g/mol. The van der Waals surface area contributed by atoms with Gasteiger partial charge in [-0.15, -0.1) is 4.94 Å². The molecular weight excluding hydrogens is 148 g/mol. The molecule has 0 fully saturated rings. The molecule has 0 aromatic heterocycles. The van der Waals surface area contributed by atoms with Crippen LogP contribution in [0.3, 0.4) is 0 Å². The maximum Gasteiger partial charge on any atom is 0.0500 e. The topological polar surface area (TPSA) is 24.1 Å². The Morgan fingerprint density at radius 1 is 1.20 bits per heavy atom. The van der Waals surface area contributed by atoms with Crippen LogP contribution in [-0.4, -0.2) is 0 Å². The predicted molar refractivity (Wildman–Crippen MR) is 43.8 cm³/mol. The molecule has 10 heavy (non-hydrogen) atoms. The first kappa shape index (κ1) is 7.38. The molecule has 0 amide bonds. The fourth-order valence-corrected chi connectivity index (χ4v) is 0.801. The Bertz CT molecular complexity index is 195. The molecule has 1 rings (SSSR count). The normalized spacial score (nSPS) is 9.40. The Hall–Kier alpha value is -0.730. The van der Waals surface area contributed by atoms with Gasteiger partial charge < -0.3 is 5.43 Å². The fourth-order valence-electron chi connectivity index (χ4n) is 0.691. The van der Waals surface area contributed by atoms with E-state index in [2.05, 4.69) is 10.4 Å². The van der Waals surface area contributed by atoms with Crippen molar-refractivity contribution in [2.45, 2.75) is 6.92 Å². The first-order valence-corrected chi connectivity index (χ1v) is 3.39. The molecule has 2 N–H and O–H groups in total. The Morgan fingerprint density at radius 3 is 2.30 bits per heavy atom. The third-order valence-electron chi connectivity index (χ3n) is 1.24. The fraction of sp³-hybridized carbons (Fsp3) is 0.143. The summed E-state index contributed by atoms with van der Waals surface area (Å²) in [5.41, 5.74) is 4.95. The van der Waals surface area contributed by atoms with E-state index in [-0.39, 0.29) is 0 Å². The van der Waals surface area contributed by atoms with E-state index >= 15 is 0 Å². The molecule has 0 spiro atoms. The van der Waals surface area contributed by atoms with Crippen molar-refractivity contribution < 1.29 is 0 Å². The van der Waals surface area contributed by atoms with Crippen molar-refractivity contribution in [1.82, 2.24) is 4.94 Å². The van der Waals surface area contributed by atoms with Gasteiger partial charge >= 0.3 is 0 Å². The number of halogens is 1. The van der Waals surface area contributed by atoms with E-state index in [0.29, 0.717) is 0 Å². The van der Waals surface area contributed by atoms with Crippen molar-refractivity contribution in [2.24, 2.45) is 0 Å². The molecule has 2 nitrogen and oxygen atoms in total. The summed E-state index contributed by atoms with van der Waals surface area (Å²) in [7, 11) is 0. The number of rotatable bonds is 2. The van der Waals surface area contributed by atoms with E-state index in [0.717, 1.165) is 5.69 Å². The lowest BCUT2D eigenvalue weighted by Gasteiger charge is -2.00. The van der Waals surface area contributed by atoms with Gasteiger partial charge in [-0.1, -0.05) is 17.7 Å². The van der Waals surface area contributed by atoms with Gasteiger partial charge in [-0.05, 0) is 30.8 Å². The minimum Gasteiger partial charge on any atom is -0.308 e. The van der Waals surface area contributed by atoms with Gasteiger partial charge in [0.15, 0.2) is 0 Å². The van der Waals surface area contributed by atoms with Crippen LogP contribution in [0.25, 0.3) is 0 Å². The van der Waals surface area contributed by atoms with Gasteiger partial charge in [-0.3, -0.25) is 0 Å². The highest BCUT2D eigenvalue weighted by Gasteiger charge is 1.86. The lowest BCUT2D eigenvalue weighted by molar-refractivity contribution is 1.20. The SMILES string of the molecule is Cc1ccc(NNCl)cc1. The van der Waals surface area contributed by atoms with Gasteiger partial charge in [0.1, 0.15) is 0 Å². The van der Waals surface area contributed by atoms with Crippen molar-refractivity contribution >= 4 is 17.5 Å². The summed E-state index contributed by atoms with van der Waals surface area (Å²) in [4.78, 5) is 2.33. The van der Waals surface area contributed by atoms with Crippen molar-refractivity contribution in [2.75, 3.05) is 5.43 Å². The largest absolute Gasteiger partial charge is 0.308 e. The smallest absolute Gasteiger partial charge is 0.0500 e. The second kappa shape index (κ2) is 3.44. The average Bonchev–Trinajstić information content (AvgIpc) is 1.95. The number of hydrogen-bond donors (Lipinski definition) is 2. The summed E-state index contributed by atoms with van der Waals surface area (Å²) in [6.45, 7) is 2.04. The van der Waals surface area contributed by atoms with Crippen molar-refractivity contribution in [3.63, 3.8) is 0 Å². The highest BCUT2D eigenvalue weighted by atomic mass is 35.5. The zero-order valence-corrected chi connectivity index (χ0v) is 6.44. The van der Waals surface area contributed by atoms with Crippen LogP contribution in [0.4, 0.5) is 5.69 Å². The Morgan fingerprint density at radius 2 is 1.80 bits per heavy atom. The molecule has 1 aromatic rings. The number of anilines is 1. The van der Waals surface area contributed by atoms with Crippen molar-refractivity contribution in [1.29, 1.82) is 0 Å². The van der Waals surface area contributed by atoms with E-state index in [4.69, 9.17) is 11.8 Å². The second-order valence-corrected chi connectivity index (χ2v) is 2.27. The zero-order valence-electron chi connectivity index (χ0n) is 5.69. The van der Waals surface area contributed by atoms with Gasteiger partial charge in [0.05, 0.1) is 0 Å². The number of benzene rings is 1. The van der Waals surface area contributed by atoms with Gasteiger partial charge in [0, 0.05) is 5.69 Å². The maximum atomic E-state index is 5.21. The van der Waals surface area contributed by atoms with Crippen molar-refractivity contribution in [3.05, 3.63) is 29.8 Å². The monoisotopic (exact) mass is 156 g/mol. The standard InChI is InChI=1S/C7H9ClN2/c1-6-2-4-7(5-3-6)9-10-8/h2-5,9-10H,1H3. The molecule has 1 aromatic carbocycles. The van der Waals surface area contributed by atoms with Gasteiger partial charge in [0.2, 0.25) is 0 Å². The molecule has 0 saturated heterocycles. The lowest BCUT2D eigenvalue weighted by atomic mass is 10.2. The predicted octanol–water partition coefficient (Wildman–Crippen LogP) is 2.07. The van der Waals surface area contributed by atoms with Crippen LogP contribution in [0.1, 0.15) is 5.56 Å². The number of aryl methyl sites for hydroxylation is 1. The summed E-state index contributed by atoms with van der Waals surface area (Å²) in [6, 6.07) is 7.92. The van der Waals surface area contributed by atoms with E-state index in [1.165, 1.54) is 5.56 Å². The Balaban J connectivity index is 2.69. The molecule has 0 aliphatic heterocycles. The van der Waals surface area contributed by atoms with E-state index < -0.39 is 0 Å². The summed E-state index contributed by atoms with van der Waals surface area (Å²) in [5, 5.41) is 0. The van der Waals surface area contributed by atoms with Crippen LogP contribution >= 0.6 is 11.8 Å². The highest BCUT2D eigenvalue weighted by molar-refractivity contribution is 6.13. The van der Waals surface area contributed by atoms with E-state index in [1.54, 1.807) is 0 Å². The molecule has 0 atom stereocenters. The Kier molecular flexibility index (Phi) is 2.54. The van der Waals surface area contributed by atoms with Crippen LogP contribution in [0, 0.1) is 6.92 Å². The molecule has 0 radical (unpaired) electrons. The minimum atomic E-state index is 0.959. The van der Waals surface area contributed by atoms with Gasteiger partial charge in [-0.2, -0.15) is 0 Å². The lowest BCUT2D eigenvalue weighted by Crippen LogP contribution is -2.07. The summed E-state index contributed by atoms with van der Waals surface area (Å²) < 4.78 is 0. The quantitative estimate of drug-likeness (QED) is 0.506. The molecule has 0 aliphatic carbocycles. The number of nitrogens with one attached hydrogen (secondary N) is 2. The van der Waals surface area contributed by atoms with Crippen LogP contribution < -0.4 is 10.4 Å². The first-order chi connectivity index (χ1) is 4.83. The van der Waals surface area contributed by atoms with Gasteiger partial charge in [-0.25, -0.2) is 0 Å². The molecule has 54 valence electrons. The first-order valence-electron chi connectivity index (χ1n) is 3.01. The van der Waals surface area contributed by atoms with Gasteiger partial charge in [0.25, 0.3) is 0 Å². The summed E-state index contributed by atoms with van der Waals surface area (Å²) >= 11 is 5.21. The highest BCUT2D eigenvalue weighted by Crippen LogP contribution is 2.06. The van der Waals surface area contributed by atoms with Crippen LogP contribution in [0.5, 0.6) is 0 Å². The van der Waals surface area contributed by atoms with E-state index in [9.17, 15) is 0 Å². The molecule has 0 saturated carbocycles. The van der Waals surface area contributed by atoms with E-state index in [1.807, 2.05) is 31.2 Å². The molecule has 0 bridgehead atoms. The molecule has 0 unspecified atom stereocenters.